The van der Waals surface area contributed by atoms with Crippen LogP contribution in [0.2, 0.25) is 0 Å². The first kappa shape index (κ1) is 22.5. The molecule has 11 heteroatoms. The monoisotopic (exact) mass is 454 g/mol. The number of aromatic nitrogens is 3. The van der Waals surface area contributed by atoms with Gasteiger partial charge in [0, 0.05) is 42.5 Å². The molecule has 1 aromatic carbocycles. The quantitative estimate of drug-likeness (QED) is 0.505. The molecule has 4 rings (SSSR count). The lowest BCUT2D eigenvalue weighted by molar-refractivity contribution is -0.165. The zero-order valence-corrected chi connectivity index (χ0v) is 17.8. The number of benzene rings is 1. The van der Waals surface area contributed by atoms with Crippen LogP contribution in [-0.2, 0) is 20.9 Å². The lowest BCUT2D eigenvalue weighted by Crippen LogP contribution is -2.61. The second-order valence-corrected chi connectivity index (χ2v) is 7.68. The van der Waals surface area contributed by atoms with Gasteiger partial charge < -0.3 is 20.9 Å². The molecule has 0 unspecified atom stereocenters. The van der Waals surface area contributed by atoms with Gasteiger partial charge in [0.15, 0.2) is 17.5 Å². The van der Waals surface area contributed by atoms with Gasteiger partial charge in [-0.3, -0.25) is 19.5 Å². The number of amides is 2. The van der Waals surface area contributed by atoms with E-state index in [0.29, 0.717) is 5.82 Å². The summed E-state index contributed by atoms with van der Waals surface area (Å²) in [4.78, 5) is 31.2. The summed E-state index contributed by atoms with van der Waals surface area (Å²) in [6.07, 6.45) is 3.45. The fourth-order valence-corrected chi connectivity index (χ4v) is 3.48. The van der Waals surface area contributed by atoms with Gasteiger partial charge in [0.1, 0.15) is 5.82 Å². The second-order valence-electron chi connectivity index (χ2n) is 7.68. The number of ether oxygens (including phenoxy) is 1. The Kier molecular flexibility index (Phi) is 6.18. The van der Waals surface area contributed by atoms with Crippen molar-refractivity contribution >= 4 is 23.3 Å². The minimum atomic E-state index is -2.23. The molecule has 33 heavy (non-hydrogen) atoms. The molecule has 0 radical (unpaired) electrons. The minimum absolute atomic E-state index is 0.00888. The minimum Gasteiger partial charge on any atom is -0.377 e. The topological polar surface area (TPSA) is 136 Å². The number of rotatable bonds is 6. The predicted molar refractivity (Wildman–Crippen MR) is 117 cm³/mol. The van der Waals surface area contributed by atoms with Crippen LogP contribution in [0.25, 0.3) is 5.69 Å². The molecule has 1 fully saturated rings. The van der Waals surface area contributed by atoms with Crippen LogP contribution in [0.5, 0.6) is 0 Å². The molecule has 10 nitrogen and oxygen atoms in total. The highest BCUT2D eigenvalue weighted by atomic mass is 19.1. The van der Waals surface area contributed by atoms with Crippen LogP contribution in [0.1, 0.15) is 12.5 Å². The van der Waals surface area contributed by atoms with E-state index in [1.165, 1.54) is 24.0 Å². The molecule has 2 aromatic heterocycles. The molecule has 2 amide bonds. The van der Waals surface area contributed by atoms with Gasteiger partial charge in [0.25, 0.3) is 11.8 Å². The number of carbonyl (C=O) groups is 2. The third kappa shape index (κ3) is 4.46. The Morgan fingerprint density at radius 1 is 1.33 bits per heavy atom. The highest BCUT2D eigenvalue weighted by molar-refractivity contribution is 6.05. The van der Waals surface area contributed by atoms with Crippen LogP contribution in [0.3, 0.4) is 0 Å². The number of nitrogens with two attached hydrogens (primary N) is 1. The Labute approximate surface area is 188 Å². The third-order valence-corrected chi connectivity index (χ3v) is 5.37. The Balaban J connectivity index is 1.51. The number of carbonyl (C=O) groups excluding carboxylic acids is 2. The van der Waals surface area contributed by atoms with Crippen LogP contribution in [0.4, 0.5) is 15.9 Å². The van der Waals surface area contributed by atoms with Crippen LogP contribution in [0.15, 0.2) is 55.0 Å². The van der Waals surface area contributed by atoms with E-state index in [0.717, 1.165) is 11.8 Å². The molecular formula is C22H23FN6O4. The van der Waals surface area contributed by atoms with Gasteiger partial charge in [-0.2, -0.15) is 0 Å². The fraction of sp³-hybridized carbons (Fsp3) is 0.273. The van der Waals surface area contributed by atoms with E-state index in [2.05, 4.69) is 15.4 Å². The van der Waals surface area contributed by atoms with E-state index in [4.69, 9.17) is 10.5 Å². The van der Waals surface area contributed by atoms with Gasteiger partial charge in [-0.25, -0.2) is 9.07 Å². The Bertz CT molecular complexity index is 1170. The number of aliphatic hydroxyl groups is 1. The average molecular weight is 454 g/mol. The Morgan fingerprint density at radius 2 is 2.09 bits per heavy atom. The summed E-state index contributed by atoms with van der Waals surface area (Å²) in [6, 6.07) is 9.16. The molecule has 0 aliphatic carbocycles. The van der Waals surface area contributed by atoms with Gasteiger partial charge in [-0.05, 0) is 31.2 Å². The molecule has 172 valence electrons. The number of hydrogen-bond donors (Lipinski definition) is 3. The standard InChI is InChI=1S/C22H23FN6O4/c1-22(32,21(31)26-15-3-2-14(13-24)17(23)12-15)19-20(30)28(10-11-33-19)18-6-9-29(27-18)16-4-7-25-8-5-16/h2-9,12,19,32H,10-11,13,24H2,1H3,(H,26,31)/t19-,22+/m0/s1. The SMILES string of the molecule is C[C@](O)(C(=O)Nc1ccc(CN)c(F)c1)[C@H]1OCCN(c2ccn(-c3ccncc3)n2)C1=O. The van der Waals surface area contributed by atoms with Crippen molar-refractivity contribution in [2.24, 2.45) is 5.73 Å². The van der Waals surface area contributed by atoms with Gasteiger partial charge in [-0.15, -0.1) is 5.10 Å². The number of nitrogens with one attached hydrogen (secondary N) is 1. The summed E-state index contributed by atoms with van der Waals surface area (Å²) in [5.41, 5.74) is 4.37. The first-order valence-corrected chi connectivity index (χ1v) is 10.2. The molecule has 0 bridgehead atoms. The van der Waals surface area contributed by atoms with Gasteiger partial charge in [0.05, 0.1) is 18.8 Å². The maximum atomic E-state index is 14.0. The van der Waals surface area contributed by atoms with E-state index in [1.807, 2.05) is 0 Å². The van der Waals surface area contributed by atoms with Crippen LogP contribution in [-0.4, -0.2) is 56.5 Å². The third-order valence-electron chi connectivity index (χ3n) is 5.37. The summed E-state index contributed by atoms with van der Waals surface area (Å²) in [5, 5.41) is 17.8. The van der Waals surface area contributed by atoms with Crippen molar-refractivity contribution in [3.05, 3.63) is 66.4 Å². The fourth-order valence-electron chi connectivity index (χ4n) is 3.48. The lowest BCUT2D eigenvalue weighted by atomic mass is 9.95. The van der Waals surface area contributed by atoms with Crippen LogP contribution >= 0.6 is 0 Å². The molecule has 3 heterocycles. The average Bonchev–Trinajstić information content (AvgIpc) is 3.30. The number of morpholine rings is 1. The van der Waals surface area contributed by atoms with E-state index < -0.39 is 29.3 Å². The zero-order valence-electron chi connectivity index (χ0n) is 17.8. The van der Waals surface area contributed by atoms with Crippen molar-refractivity contribution in [1.82, 2.24) is 14.8 Å². The predicted octanol–water partition coefficient (Wildman–Crippen LogP) is 0.987. The van der Waals surface area contributed by atoms with E-state index in [-0.39, 0.29) is 30.9 Å². The molecule has 0 saturated carbocycles. The van der Waals surface area contributed by atoms with Crippen molar-refractivity contribution in [3.63, 3.8) is 0 Å². The van der Waals surface area contributed by atoms with Crippen molar-refractivity contribution < 1.29 is 23.8 Å². The van der Waals surface area contributed by atoms with Crippen molar-refractivity contribution in [2.75, 3.05) is 23.4 Å². The number of hydrogen-bond acceptors (Lipinski definition) is 7. The van der Waals surface area contributed by atoms with Crippen molar-refractivity contribution in [1.29, 1.82) is 0 Å². The summed E-state index contributed by atoms with van der Waals surface area (Å²) in [6.45, 7) is 1.47. The molecule has 1 saturated heterocycles. The maximum absolute atomic E-state index is 14.0. The Hall–Kier alpha value is -3.67. The van der Waals surface area contributed by atoms with E-state index >= 15 is 0 Å². The van der Waals surface area contributed by atoms with Crippen molar-refractivity contribution in [3.8, 4) is 5.69 Å². The number of nitrogens with zero attached hydrogens (tertiary/aromatic N) is 4. The molecular weight excluding hydrogens is 431 g/mol. The molecule has 4 N–H and O–H groups in total. The van der Waals surface area contributed by atoms with E-state index in [9.17, 15) is 19.1 Å². The molecule has 0 spiro atoms. The highest BCUT2D eigenvalue weighted by Gasteiger charge is 2.48. The summed E-state index contributed by atoms with van der Waals surface area (Å²) >= 11 is 0. The lowest BCUT2D eigenvalue weighted by Gasteiger charge is -2.37. The maximum Gasteiger partial charge on any atom is 0.260 e. The zero-order chi connectivity index (χ0) is 23.6. The summed E-state index contributed by atoms with van der Waals surface area (Å²) < 4.78 is 21.1. The molecule has 2 atom stereocenters. The van der Waals surface area contributed by atoms with Crippen LogP contribution < -0.4 is 16.0 Å². The Morgan fingerprint density at radius 3 is 2.79 bits per heavy atom. The molecule has 1 aliphatic heterocycles. The number of halogens is 1. The van der Waals surface area contributed by atoms with Crippen LogP contribution in [0, 0.1) is 5.82 Å². The highest BCUT2D eigenvalue weighted by Crippen LogP contribution is 2.26. The normalized spacial score (nSPS) is 18.1. The summed E-state index contributed by atoms with van der Waals surface area (Å²) in [5.74, 6) is -1.77. The van der Waals surface area contributed by atoms with Crippen molar-refractivity contribution in [2.45, 2.75) is 25.2 Å². The molecule has 1 aliphatic rings. The second kappa shape index (κ2) is 9.06. The smallest absolute Gasteiger partial charge is 0.260 e. The van der Waals surface area contributed by atoms with E-state index in [1.54, 1.807) is 41.5 Å². The first-order valence-electron chi connectivity index (χ1n) is 10.2. The first-order chi connectivity index (χ1) is 15.8. The number of pyridine rings is 1. The van der Waals surface area contributed by atoms with Gasteiger partial charge in [-0.1, -0.05) is 6.07 Å². The van der Waals surface area contributed by atoms with Gasteiger partial charge >= 0.3 is 0 Å². The summed E-state index contributed by atoms with van der Waals surface area (Å²) in [7, 11) is 0. The number of anilines is 2. The van der Waals surface area contributed by atoms with Gasteiger partial charge in [0.2, 0.25) is 0 Å². The largest absolute Gasteiger partial charge is 0.377 e. The molecule has 3 aromatic rings.